The van der Waals surface area contributed by atoms with E-state index in [1.165, 1.54) is 4.90 Å². The highest BCUT2D eigenvalue weighted by molar-refractivity contribution is 9.10. The molecular formula is C9H9BrN2O2. The number of ether oxygens (including phenoxy) is 1. The van der Waals surface area contributed by atoms with E-state index in [9.17, 15) is 4.79 Å². The molecule has 0 atom stereocenters. The van der Waals surface area contributed by atoms with E-state index in [4.69, 9.17) is 10.5 Å². The van der Waals surface area contributed by atoms with E-state index >= 15 is 0 Å². The molecule has 2 N–H and O–H groups in total. The molecule has 1 aliphatic heterocycles. The van der Waals surface area contributed by atoms with Crippen molar-refractivity contribution in [2.45, 2.75) is 0 Å². The number of benzene rings is 1. The Morgan fingerprint density at radius 2 is 2.36 bits per heavy atom. The first-order valence-corrected chi connectivity index (χ1v) is 4.97. The van der Waals surface area contributed by atoms with E-state index in [1.54, 1.807) is 0 Å². The van der Waals surface area contributed by atoms with Gasteiger partial charge in [-0.1, -0.05) is 15.9 Å². The van der Waals surface area contributed by atoms with Crippen molar-refractivity contribution in [3.63, 3.8) is 0 Å². The molecule has 5 heteroatoms. The Bertz CT molecular complexity index is 381. The molecule has 0 bridgehead atoms. The van der Waals surface area contributed by atoms with E-state index in [0.717, 1.165) is 10.2 Å². The number of nitrogens with two attached hydrogens (primary N) is 1. The van der Waals surface area contributed by atoms with Gasteiger partial charge in [-0.25, -0.2) is 4.79 Å². The highest BCUT2D eigenvalue weighted by atomic mass is 79.9. The Balaban J connectivity index is 2.46. The lowest BCUT2D eigenvalue weighted by Crippen LogP contribution is -2.41. The zero-order valence-corrected chi connectivity index (χ0v) is 8.95. The molecule has 0 aromatic heterocycles. The Hall–Kier alpha value is -1.23. The number of nitrogens with zero attached hydrogens (tertiary/aromatic N) is 1. The minimum absolute atomic E-state index is 0.451. The van der Waals surface area contributed by atoms with E-state index in [2.05, 4.69) is 15.9 Å². The number of urea groups is 1. The van der Waals surface area contributed by atoms with Crippen LogP contribution < -0.4 is 15.4 Å². The zero-order valence-electron chi connectivity index (χ0n) is 7.37. The summed E-state index contributed by atoms with van der Waals surface area (Å²) < 4.78 is 6.28. The molecule has 1 aromatic carbocycles. The predicted molar refractivity (Wildman–Crippen MR) is 56.6 cm³/mol. The number of anilines is 1. The number of carbonyl (C=O) groups is 1. The van der Waals surface area contributed by atoms with Gasteiger partial charge in [0.2, 0.25) is 0 Å². The van der Waals surface area contributed by atoms with Crippen molar-refractivity contribution in [1.82, 2.24) is 0 Å². The van der Waals surface area contributed by atoms with Gasteiger partial charge < -0.3 is 10.5 Å². The first kappa shape index (κ1) is 9.33. The average molecular weight is 257 g/mol. The monoisotopic (exact) mass is 256 g/mol. The molecule has 0 radical (unpaired) electrons. The number of hydrogen-bond donors (Lipinski definition) is 1. The van der Waals surface area contributed by atoms with Crippen LogP contribution >= 0.6 is 15.9 Å². The molecule has 0 unspecified atom stereocenters. The van der Waals surface area contributed by atoms with E-state index in [0.29, 0.717) is 18.9 Å². The number of fused-ring (bicyclic) bond motifs is 1. The summed E-state index contributed by atoms with van der Waals surface area (Å²) in [6, 6.07) is 5.05. The summed E-state index contributed by atoms with van der Waals surface area (Å²) in [4.78, 5) is 12.6. The first-order valence-electron chi connectivity index (χ1n) is 4.18. The number of carbonyl (C=O) groups excluding carboxylic acids is 1. The van der Waals surface area contributed by atoms with Crippen LogP contribution in [0.3, 0.4) is 0 Å². The van der Waals surface area contributed by atoms with Crippen LogP contribution in [0, 0.1) is 0 Å². The van der Waals surface area contributed by atoms with Crippen molar-refractivity contribution >= 4 is 27.6 Å². The van der Waals surface area contributed by atoms with Gasteiger partial charge in [0.1, 0.15) is 12.4 Å². The molecule has 74 valence electrons. The minimum atomic E-state index is -0.451. The molecule has 0 spiro atoms. The van der Waals surface area contributed by atoms with Gasteiger partial charge >= 0.3 is 6.03 Å². The van der Waals surface area contributed by atoms with Gasteiger partial charge in [0.25, 0.3) is 0 Å². The standard InChI is InChI=1S/C9H9BrN2O2/c10-6-1-2-8-7(5-6)12(9(11)13)3-4-14-8/h1-2,5H,3-4H2,(H2,11,13). The van der Waals surface area contributed by atoms with Crippen LogP contribution in [0.1, 0.15) is 0 Å². The summed E-state index contributed by atoms with van der Waals surface area (Å²) in [6.45, 7) is 0.982. The molecule has 4 nitrogen and oxygen atoms in total. The van der Waals surface area contributed by atoms with Gasteiger partial charge in [-0.3, -0.25) is 4.90 Å². The first-order chi connectivity index (χ1) is 6.68. The number of rotatable bonds is 0. The van der Waals surface area contributed by atoms with Crippen LogP contribution in [-0.2, 0) is 0 Å². The third kappa shape index (κ3) is 1.55. The number of hydrogen-bond acceptors (Lipinski definition) is 2. The third-order valence-corrected chi connectivity index (χ3v) is 2.54. The molecule has 0 aliphatic carbocycles. The summed E-state index contributed by atoms with van der Waals surface area (Å²) in [5, 5.41) is 0. The lowest BCUT2D eigenvalue weighted by atomic mass is 10.2. The second-order valence-corrected chi connectivity index (χ2v) is 3.87. The SMILES string of the molecule is NC(=O)N1CCOc2ccc(Br)cc21. The van der Waals surface area contributed by atoms with Gasteiger partial charge in [0.15, 0.2) is 0 Å². The van der Waals surface area contributed by atoms with Gasteiger partial charge in [0.05, 0.1) is 12.2 Å². The number of halogens is 1. The smallest absolute Gasteiger partial charge is 0.319 e. The lowest BCUT2D eigenvalue weighted by molar-refractivity contribution is 0.247. The Morgan fingerprint density at radius 3 is 3.07 bits per heavy atom. The molecule has 1 aromatic rings. The van der Waals surface area contributed by atoms with Crippen molar-refractivity contribution in [3.05, 3.63) is 22.7 Å². The summed E-state index contributed by atoms with van der Waals surface area (Å²) >= 11 is 3.33. The molecule has 1 heterocycles. The summed E-state index contributed by atoms with van der Waals surface area (Å²) in [5.41, 5.74) is 5.97. The van der Waals surface area contributed by atoms with Gasteiger partial charge in [-0.2, -0.15) is 0 Å². The maximum absolute atomic E-state index is 11.1. The van der Waals surface area contributed by atoms with Gasteiger partial charge in [-0.05, 0) is 18.2 Å². The number of amides is 2. The van der Waals surface area contributed by atoms with Crippen LogP contribution in [-0.4, -0.2) is 19.2 Å². The van der Waals surface area contributed by atoms with Crippen LogP contribution in [0.25, 0.3) is 0 Å². The quantitative estimate of drug-likeness (QED) is 0.769. The van der Waals surface area contributed by atoms with Crippen LogP contribution in [0.15, 0.2) is 22.7 Å². The molecule has 1 aliphatic rings. The highest BCUT2D eigenvalue weighted by Crippen LogP contribution is 2.33. The molecular weight excluding hydrogens is 248 g/mol. The maximum Gasteiger partial charge on any atom is 0.319 e. The summed E-state index contributed by atoms with van der Waals surface area (Å²) in [7, 11) is 0. The van der Waals surface area contributed by atoms with Gasteiger partial charge in [-0.15, -0.1) is 0 Å². The third-order valence-electron chi connectivity index (χ3n) is 2.05. The molecule has 0 fully saturated rings. The lowest BCUT2D eigenvalue weighted by Gasteiger charge is -2.28. The molecule has 0 saturated heterocycles. The average Bonchev–Trinajstić information content (AvgIpc) is 2.16. The Labute approximate surface area is 89.8 Å². The second kappa shape index (κ2) is 3.49. The fourth-order valence-electron chi connectivity index (χ4n) is 1.42. The van der Waals surface area contributed by atoms with Crippen LogP contribution in [0.4, 0.5) is 10.5 Å². The number of primary amides is 1. The van der Waals surface area contributed by atoms with Crippen molar-refractivity contribution in [2.24, 2.45) is 5.73 Å². The van der Waals surface area contributed by atoms with E-state index in [1.807, 2.05) is 18.2 Å². The van der Waals surface area contributed by atoms with E-state index in [-0.39, 0.29) is 0 Å². The van der Waals surface area contributed by atoms with Gasteiger partial charge in [0, 0.05) is 4.47 Å². The molecule has 14 heavy (non-hydrogen) atoms. The normalized spacial score (nSPS) is 14.5. The van der Waals surface area contributed by atoms with Crippen molar-refractivity contribution in [3.8, 4) is 5.75 Å². The fourth-order valence-corrected chi connectivity index (χ4v) is 1.77. The summed E-state index contributed by atoms with van der Waals surface area (Å²) in [5.74, 6) is 0.693. The van der Waals surface area contributed by atoms with Crippen molar-refractivity contribution in [1.29, 1.82) is 0 Å². The van der Waals surface area contributed by atoms with Crippen LogP contribution in [0.5, 0.6) is 5.75 Å². The molecule has 0 saturated carbocycles. The molecule has 2 rings (SSSR count). The predicted octanol–water partition coefficient (Wildman–Crippen LogP) is 1.73. The van der Waals surface area contributed by atoms with E-state index < -0.39 is 6.03 Å². The Kier molecular flexibility index (Phi) is 2.33. The maximum atomic E-state index is 11.1. The molecule has 2 amide bonds. The highest BCUT2D eigenvalue weighted by Gasteiger charge is 2.21. The largest absolute Gasteiger partial charge is 0.490 e. The van der Waals surface area contributed by atoms with Crippen molar-refractivity contribution in [2.75, 3.05) is 18.1 Å². The summed E-state index contributed by atoms with van der Waals surface area (Å²) in [6.07, 6.45) is 0. The zero-order chi connectivity index (χ0) is 10.1. The topological polar surface area (TPSA) is 55.6 Å². The van der Waals surface area contributed by atoms with Crippen molar-refractivity contribution < 1.29 is 9.53 Å². The fraction of sp³-hybridized carbons (Fsp3) is 0.222. The van der Waals surface area contributed by atoms with Crippen LogP contribution in [0.2, 0.25) is 0 Å². The Morgan fingerprint density at radius 1 is 1.57 bits per heavy atom. The second-order valence-electron chi connectivity index (χ2n) is 2.95. The minimum Gasteiger partial charge on any atom is -0.490 e.